The van der Waals surface area contributed by atoms with Crippen molar-refractivity contribution in [3.05, 3.63) is 41.5 Å². The van der Waals surface area contributed by atoms with Gasteiger partial charge >= 0.3 is 0 Å². The van der Waals surface area contributed by atoms with Crippen LogP contribution in [0.1, 0.15) is 18.3 Å². The number of hydrogen-bond acceptors (Lipinski definition) is 4. The SMILES string of the molecule is C[C@@H]1CN(c2n[nH]c(Cc3ccccc3F)n2)CCN1. The van der Waals surface area contributed by atoms with Gasteiger partial charge in [-0.05, 0) is 18.6 Å². The molecule has 0 bridgehead atoms. The normalized spacial score (nSPS) is 19.3. The predicted molar refractivity (Wildman–Crippen MR) is 75.3 cm³/mol. The molecule has 2 N–H and O–H groups in total. The highest BCUT2D eigenvalue weighted by Crippen LogP contribution is 2.14. The number of H-pyrrole nitrogens is 1. The van der Waals surface area contributed by atoms with Crippen molar-refractivity contribution in [1.29, 1.82) is 0 Å². The lowest BCUT2D eigenvalue weighted by Crippen LogP contribution is -2.49. The molecule has 5 nitrogen and oxygen atoms in total. The maximum atomic E-state index is 13.6. The fraction of sp³-hybridized carbons (Fsp3) is 0.429. The lowest BCUT2D eigenvalue weighted by molar-refractivity contribution is 0.480. The van der Waals surface area contributed by atoms with E-state index in [1.165, 1.54) is 6.07 Å². The molecule has 0 radical (unpaired) electrons. The molecule has 0 unspecified atom stereocenters. The summed E-state index contributed by atoms with van der Waals surface area (Å²) in [5, 5.41) is 10.5. The Hall–Kier alpha value is -1.95. The van der Waals surface area contributed by atoms with Gasteiger partial charge in [0, 0.05) is 32.1 Å². The molecule has 6 heteroatoms. The molecule has 20 heavy (non-hydrogen) atoms. The van der Waals surface area contributed by atoms with E-state index >= 15 is 0 Å². The van der Waals surface area contributed by atoms with Crippen molar-refractivity contribution in [1.82, 2.24) is 20.5 Å². The first-order chi connectivity index (χ1) is 9.72. The molecule has 2 heterocycles. The number of aromatic amines is 1. The van der Waals surface area contributed by atoms with Gasteiger partial charge in [-0.2, -0.15) is 4.98 Å². The minimum Gasteiger partial charge on any atom is -0.337 e. The van der Waals surface area contributed by atoms with E-state index in [9.17, 15) is 4.39 Å². The lowest BCUT2D eigenvalue weighted by atomic mass is 10.1. The molecule has 1 aromatic heterocycles. The monoisotopic (exact) mass is 275 g/mol. The molecule has 106 valence electrons. The highest BCUT2D eigenvalue weighted by atomic mass is 19.1. The van der Waals surface area contributed by atoms with Crippen LogP contribution in [0.5, 0.6) is 0 Å². The third-order valence-electron chi connectivity index (χ3n) is 3.49. The molecule has 1 aliphatic heterocycles. The van der Waals surface area contributed by atoms with Crippen LogP contribution in [0.4, 0.5) is 10.3 Å². The molecule has 1 fully saturated rings. The summed E-state index contributed by atoms with van der Waals surface area (Å²) >= 11 is 0. The van der Waals surface area contributed by atoms with Gasteiger partial charge < -0.3 is 10.2 Å². The number of aromatic nitrogens is 3. The van der Waals surface area contributed by atoms with Crippen molar-refractivity contribution in [2.45, 2.75) is 19.4 Å². The molecule has 3 rings (SSSR count). The number of anilines is 1. The molecule has 0 saturated carbocycles. The molecular weight excluding hydrogens is 257 g/mol. The maximum absolute atomic E-state index is 13.6. The average molecular weight is 275 g/mol. The number of benzene rings is 1. The summed E-state index contributed by atoms with van der Waals surface area (Å²) in [6, 6.07) is 7.17. The van der Waals surface area contributed by atoms with Crippen LogP contribution in [0.15, 0.2) is 24.3 Å². The Labute approximate surface area is 117 Å². The summed E-state index contributed by atoms with van der Waals surface area (Å²) in [6.07, 6.45) is 0.432. The van der Waals surface area contributed by atoms with Crippen molar-refractivity contribution >= 4 is 5.95 Å². The number of hydrogen-bond donors (Lipinski definition) is 2. The van der Waals surface area contributed by atoms with E-state index in [2.05, 4.69) is 32.3 Å². The fourth-order valence-electron chi connectivity index (χ4n) is 2.44. The van der Waals surface area contributed by atoms with E-state index < -0.39 is 0 Å². The van der Waals surface area contributed by atoms with E-state index in [0.717, 1.165) is 19.6 Å². The zero-order chi connectivity index (χ0) is 13.9. The Bertz CT molecular complexity index is 582. The van der Waals surface area contributed by atoms with E-state index in [1.807, 2.05) is 6.07 Å². The van der Waals surface area contributed by atoms with Gasteiger partial charge in [0.2, 0.25) is 5.95 Å². The van der Waals surface area contributed by atoms with E-state index in [4.69, 9.17) is 0 Å². The summed E-state index contributed by atoms with van der Waals surface area (Å²) in [5.41, 5.74) is 0.629. The van der Waals surface area contributed by atoms with Gasteiger partial charge in [0.15, 0.2) is 0 Å². The second kappa shape index (κ2) is 5.58. The number of rotatable bonds is 3. The van der Waals surface area contributed by atoms with Crippen LogP contribution in [-0.4, -0.2) is 40.9 Å². The molecule has 1 atom stereocenters. The van der Waals surface area contributed by atoms with Gasteiger partial charge in [0.05, 0.1) is 0 Å². The van der Waals surface area contributed by atoms with Crippen LogP contribution in [0.25, 0.3) is 0 Å². The number of piperazine rings is 1. The summed E-state index contributed by atoms with van der Waals surface area (Å²) in [6.45, 7) is 4.84. The van der Waals surface area contributed by atoms with E-state index in [1.54, 1.807) is 12.1 Å². The van der Waals surface area contributed by atoms with Gasteiger partial charge in [-0.25, -0.2) is 4.39 Å². The second-order valence-electron chi connectivity index (χ2n) is 5.15. The van der Waals surface area contributed by atoms with Crippen molar-refractivity contribution in [3.8, 4) is 0 Å². The first-order valence-electron chi connectivity index (χ1n) is 6.85. The van der Waals surface area contributed by atoms with Gasteiger partial charge in [-0.1, -0.05) is 18.2 Å². The van der Waals surface area contributed by atoms with Crippen LogP contribution in [0.2, 0.25) is 0 Å². The summed E-state index contributed by atoms with van der Waals surface area (Å²) in [4.78, 5) is 6.61. The first kappa shape index (κ1) is 13.1. The minimum atomic E-state index is -0.207. The predicted octanol–water partition coefficient (Wildman–Crippen LogP) is 1.33. The Morgan fingerprint density at radius 2 is 2.25 bits per heavy atom. The van der Waals surface area contributed by atoms with Crippen LogP contribution >= 0.6 is 0 Å². The number of nitrogens with one attached hydrogen (secondary N) is 2. The summed E-state index contributed by atoms with van der Waals surface area (Å²) in [5.74, 6) is 1.18. The third-order valence-corrected chi connectivity index (χ3v) is 3.49. The number of halogens is 1. The zero-order valence-corrected chi connectivity index (χ0v) is 11.4. The summed E-state index contributed by atoms with van der Waals surface area (Å²) < 4.78 is 13.6. The van der Waals surface area contributed by atoms with Gasteiger partial charge in [0.1, 0.15) is 11.6 Å². The fourth-order valence-corrected chi connectivity index (χ4v) is 2.44. The van der Waals surface area contributed by atoms with Crippen LogP contribution in [0, 0.1) is 5.82 Å². The molecule has 2 aromatic rings. The smallest absolute Gasteiger partial charge is 0.244 e. The summed E-state index contributed by atoms with van der Waals surface area (Å²) in [7, 11) is 0. The van der Waals surface area contributed by atoms with Gasteiger partial charge in [-0.3, -0.25) is 5.10 Å². The minimum absolute atomic E-state index is 0.207. The van der Waals surface area contributed by atoms with Crippen LogP contribution < -0.4 is 10.2 Å². The molecule has 1 aliphatic rings. The molecule has 1 aromatic carbocycles. The van der Waals surface area contributed by atoms with Crippen molar-refractivity contribution in [2.24, 2.45) is 0 Å². The Morgan fingerprint density at radius 3 is 3.05 bits per heavy atom. The molecule has 0 amide bonds. The maximum Gasteiger partial charge on any atom is 0.244 e. The standard InChI is InChI=1S/C14H18FN5/c1-10-9-20(7-6-16-10)14-17-13(18-19-14)8-11-4-2-3-5-12(11)15/h2-5,10,16H,6-9H2,1H3,(H,17,18,19)/t10-/m1/s1. The Kier molecular flexibility index (Phi) is 3.64. The Morgan fingerprint density at radius 1 is 1.40 bits per heavy atom. The Balaban J connectivity index is 1.72. The first-order valence-corrected chi connectivity index (χ1v) is 6.85. The molecule has 0 spiro atoms. The van der Waals surface area contributed by atoms with E-state index in [0.29, 0.717) is 29.8 Å². The molecule has 1 saturated heterocycles. The molecule has 0 aliphatic carbocycles. The molecular formula is C14H18FN5. The largest absolute Gasteiger partial charge is 0.337 e. The van der Waals surface area contributed by atoms with Crippen LogP contribution in [-0.2, 0) is 6.42 Å². The van der Waals surface area contributed by atoms with Gasteiger partial charge in [0.25, 0.3) is 0 Å². The second-order valence-corrected chi connectivity index (χ2v) is 5.15. The quantitative estimate of drug-likeness (QED) is 0.887. The lowest BCUT2D eigenvalue weighted by Gasteiger charge is -2.30. The highest BCUT2D eigenvalue weighted by molar-refractivity contribution is 5.31. The van der Waals surface area contributed by atoms with Crippen molar-refractivity contribution in [2.75, 3.05) is 24.5 Å². The zero-order valence-electron chi connectivity index (χ0n) is 11.4. The topological polar surface area (TPSA) is 56.8 Å². The van der Waals surface area contributed by atoms with Crippen molar-refractivity contribution < 1.29 is 4.39 Å². The third kappa shape index (κ3) is 2.80. The van der Waals surface area contributed by atoms with Gasteiger partial charge in [-0.15, -0.1) is 5.10 Å². The highest BCUT2D eigenvalue weighted by Gasteiger charge is 2.19. The van der Waals surface area contributed by atoms with E-state index in [-0.39, 0.29) is 5.82 Å². The van der Waals surface area contributed by atoms with Crippen LogP contribution in [0.3, 0.4) is 0 Å². The average Bonchev–Trinajstić information content (AvgIpc) is 2.90. The van der Waals surface area contributed by atoms with Crippen molar-refractivity contribution in [3.63, 3.8) is 0 Å². The number of nitrogens with zero attached hydrogens (tertiary/aromatic N) is 3.